The third-order valence-corrected chi connectivity index (χ3v) is 7.15. The van der Waals surface area contributed by atoms with Gasteiger partial charge < -0.3 is 24.4 Å². The van der Waals surface area contributed by atoms with Gasteiger partial charge in [0.05, 0.1) is 31.4 Å². The van der Waals surface area contributed by atoms with Crippen molar-refractivity contribution in [2.75, 3.05) is 65.0 Å². The van der Waals surface area contributed by atoms with Crippen LogP contribution in [0.4, 0.5) is 5.69 Å². The number of likely N-dealkylation sites (tertiary alicyclic amines) is 1. The number of nitrogens with zero attached hydrogens (tertiary/aromatic N) is 3. The third kappa shape index (κ3) is 6.03. The van der Waals surface area contributed by atoms with Crippen LogP contribution in [0.15, 0.2) is 48.0 Å². The molecule has 0 spiro atoms. The normalized spacial score (nSPS) is 19.7. The van der Waals surface area contributed by atoms with E-state index in [4.69, 9.17) is 9.47 Å². The standard InChI is InChI=1S/C30H39N3O5/c1-5-17-38-25-12-9-23(20-21(25)2)28(34)26-27(22-7-10-24(11-8-22)31(3)4)33(30(36)29(26)35)14-6-13-32-15-18-37-19-16-32/h7-12,20,27,34H,5-6,13-19H2,1-4H3/b28-26-. The SMILES string of the molecule is CCCOc1ccc(/C(O)=C2/C(=O)C(=O)N(CCCN3CCOCC3)C2c2ccc(N(C)C)cc2)cc1C. The summed E-state index contributed by atoms with van der Waals surface area (Å²) in [5, 5.41) is 11.4. The number of benzene rings is 2. The van der Waals surface area contributed by atoms with Crippen LogP contribution >= 0.6 is 0 Å². The van der Waals surface area contributed by atoms with E-state index in [2.05, 4.69) is 4.90 Å². The van der Waals surface area contributed by atoms with Crippen molar-refractivity contribution in [2.45, 2.75) is 32.7 Å². The van der Waals surface area contributed by atoms with Crippen molar-refractivity contribution in [3.8, 4) is 5.75 Å². The predicted octanol–water partition coefficient (Wildman–Crippen LogP) is 3.99. The maximum Gasteiger partial charge on any atom is 0.295 e. The molecule has 2 heterocycles. The van der Waals surface area contributed by atoms with E-state index < -0.39 is 17.7 Å². The summed E-state index contributed by atoms with van der Waals surface area (Å²) < 4.78 is 11.2. The molecule has 204 valence electrons. The molecule has 0 saturated carbocycles. The molecule has 1 unspecified atom stereocenters. The summed E-state index contributed by atoms with van der Waals surface area (Å²) in [6.07, 6.45) is 1.62. The average Bonchev–Trinajstić information content (AvgIpc) is 3.17. The van der Waals surface area contributed by atoms with Crippen molar-refractivity contribution in [2.24, 2.45) is 0 Å². The van der Waals surface area contributed by atoms with Gasteiger partial charge >= 0.3 is 0 Å². The highest BCUT2D eigenvalue weighted by molar-refractivity contribution is 6.46. The molecule has 8 heteroatoms. The number of hydrogen-bond acceptors (Lipinski definition) is 7. The highest BCUT2D eigenvalue weighted by Crippen LogP contribution is 2.40. The first-order valence-corrected chi connectivity index (χ1v) is 13.4. The fourth-order valence-corrected chi connectivity index (χ4v) is 5.03. The lowest BCUT2D eigenvalue weighted by molar-refractivity contribution is -0.140. The molecule has 0 radical (unpaired) electrons. The zero-order valence-corrected chi connectivity index (χ0v) is 22.9. The maximum absolute atomic E-state index is 13.4. The number of aliphatic hydroxyl groups excluding tert-OH is 1. The molecule has 0 bridgehead atoms. The van der Waals surface area contributed by atoms with E-state index in [0.717, 1.165) is 55.0 Å². The molecule has 38 heavy (non-hydrogen) atoms. The first kappa shape index (κ1) is 27.7. The number of carbonyl (C=O) groups excluding carboxylic acids is 2. The van der Waals surface area contributed by atoms with Crippen LogP contribution in [0, 0.1) is 6.92 Å². The molecule has 0 aromatic heterocycles. The number of hydrogen-bond donors (Lipinski definition) is 1. The van der Waals surface area contributed by atoms with Gasteiger partial charge in [0.2, 0.25) is 0 Å². The van der Waals surface area contributed by atoms with Crippen molar-refractivity contribution < 1.29 is 24.2 Å². The Morgan fingerprint density at radius 3 is 2.42 bits per heavy atom. The van der Waals surface area contributed by atoms with Gasteiger partial charge in [-0.2, -0.15) is 0 Å². The lowest BCUT2D eigenvalue weighted by Crippen LogP contribution is -2.38. The minimum Gasteiger partial charge on any atom is -0.507 e. The van der Waals surface area contributed by atoms with E-state index in [1.165, 1.54) is 0 Å². The molecule has 2 aliphatic heterocycles. The number of Topliss-reactive ketones (excluding diaryl/α,β-unsaturated/α-hetero) is 1. The van der Waals surface area contributed by atoms with Gasteiger partial charge in [-0.15, -0.1) is 0 Å². The molecular weight excluding hydrogens is 482 g/mol. The van der Waals surface area contributed by atoms with Crippen LogP contribution in [0.25, 0.3) is 5.76 Å². The van der Waals surface area contributed by atoms with Crippen molar-refractivity contribution in [3.05, 3.63) is 64.7 Å². The molecule has 2 aliphatic rings. The highest BCUT2D eigenvalue weighted by atomic mass is 16.5. The van der Waals surface area contributed by atoms with Gasteiger partial charge in [-0.3, -0.25) is 14.5 Å². The summed E-state index contributed by atoms with van der Waals surface area (Å²) >= 11 is 0. The van der Waals surface area contributed by atoms with Gasteiger partial charge in [0.25, 0.3) is 11.7 Å². The molecule has 8 nitrogen and oxygen atoms in total. The predicted molar refractivity (Wildman–Crippen MR) is 149 cm³/mol. The van der Waals surface area contributed by atoms with Crippen molar-refractivity contribution >= 4 is 23.1 Å². The molecule has 0 aliphatic carbocycles. The second kappa shape index (κ2) is 12.5. The van der Waals surface area contributed by atoms with Gasteiger partial charge in [-0.25, -0.2) is 0 Å². The fourth-order valence-electron chi connectivity index (χ4n) is 5.03. The number of ether oxygens (including phenoxy) is 2. The Morgan fingerprint density at radius 1 is 1.08 bits per heavy atom. The largest absolute Gasteiger partial charge is 0.507 e. The Balaban J connectivity index is 1.68. The number of aryl methyl sites for hydroxylation is 1. The molecular formula is C30H39N3O5. The van der Waals surface area contributed by atoms with Crippen molar-refractivity contribution in [1.82, 2.24) is 9.80 Å². The Labute approximate surface area is 225 Å². The van der Waals surface area contributed by atoms with Crippen molar-refractivity contribution in [3.63, 3.8) is 0 Å². The van der Waals surface area contributed by atoms with Crippen LogP contribution in [-0.2, 0) is 14.3 Å². The minimum absolute atomic E-state index is 0.126. The first-order valence-electron chi connectivity index (χ1n) is 13.4. The maximum atomic E-state index is 13.4. The number of carbonyl (C=O) groups is 2. The van der Waals surface area contributed by atoms with Gasteiger partial charge in [0.1, 0.15) is 11.5 Å². The van der Waals surface area contributed by atoms with Gasteiger partial charge in [0, 0.05) is 51.5 Å². The third-order valence-electron chi connectivity index (χ3n) is 7.15. The molecule has 1 amide bonds. The van der Waals surface area contributed by atoms with E-state index in [0.29, 0.717) is 31.9 Å². The van der Waals surface area contributed by atoms with Crippen LogP contribution in [0.1, 0.15) is 42.5 Å². The lowest BCUT2D eigenvalue weighted by Gasteiger charge is -2.29. The summed E-state index contributed by atoms with van der Waals surface area (Å²) in [5.41, 5.74) is 3.28. The second-order valence-corrected chi connectivity index (χ2v) is 10.1. The second-order valence-electron chi connectivity index (χ2n) is 10.1. The van der Waals surface area contributed by atoms with E-state index in [-0.39, 0.29) is 11.3 Å². The van der Waals surface area contributed by atoms with Crippen LogP contribution in [0.2, 0.25) is 0 Å². The van der Waals surface area contributed by atoms with E-state index in [1.807, 2.05) is 57.1 Å². The number of aliphatic hydroxyl groups is 1. The van der Waals surface area contributed by atoms with Gasteiger partial charge in [0.15, 0.2) is 0 Å². The molecule has 2 fully saturated rings. The zero-order valence-electron chi connectivity index (χ0n) is 22.9. The Hall–Kier alpha value is -3.36. The number of morpholine rings is 1. The van der Waals surface area contributed by atoms with Gasteiger partial charge in [-0.1, -0.05) is 19.1 Å². The first-order chi connectivity index (χ1) is 18.3. The summed E-state index contributed by atoms with van der Waals surface area (Å²) in [4.78, 5) is 32.6. The molecule has 1 N–H and O–H groups in total. The number of rotatable bonds is 10. The molecule has 1 atom stereocenters. The smallest absolute Gasteiger partial charge is 0.295 e. The number of anilines is 1. The van der Waals surface area contributed by atoms with Crippen LogP contribution in [-0.4, -0.2) is 86.7 Å². The topological polar surface area (TPSA) is 82.5 Å². The number of amides is 1. The fraction of sp³-hybridized carbons (Fsp3) is 0.467. The quantitative estimate of drug-likeness (QED) is 0.288. The summed E-state index contributed by atoms with van der Waals surface area (Å²) in [5.74, 6) is -0.650. The zero-order chi connectivity index (χ0) is 27.2. The lowest BCUT2D eigenvalue weighted by atomic mass is 9.94. The molecule has 4 rings (SSSR count). The van der Waals surface area contributed by atoms with Crippen LogP contribution in [0.3, 0.4) is 0 Å². The summed E-state index contributed by atoms with van der Waals surface area (Å²) in [6.45, 7) is 8.94. The van der Waals surface area contributed by atoms with Crippen molar-refractivity contribution in [1.29, 1.82) is 0 Å². The monoisotopic (exact) mass is 521 g/mol. The Kier molecular flexibility index (Phi) is 9.07. The highest BCUT2D eigenvalue weighted by Gasteiger charge is 2.45. The Morgan fingerprint density at radius 2 is 1.79 bits per heavy atom. The average molecular weight is 522 g/mol. The van der Waals surface area contributed by atoms with E-state index >= 15 is 0 Å². The minimum atomic E-state index is -0.660. The van der Waals surface area contributed by atoms with Crippen LogP contribution in [0.5, 0.6) is 5.75 Å². The van der Waals surface area contributed by atoms with Gasteiger partial charge in [-0.05, 0) is 61.2 Å². The van der Waals surface area contributed by atoms with Crippen LogP contribution < -0.4 is 9.64 Å². The molecule has 2 aromatic rings. The van der Waals surface area contributed by atoms with E-state index in [1.54, 1.807) is 23.1 Å². The molecule has 2 aromatic carbocycles. The number of ketones is 1. The summed E-state index contributed by atoms with van der Waals surface area (Å²) in [6, 6.07) is 12.5. The summed E-state index contributed by atoms with van der Waals surface area (Å²) in [7, 11) is 3.92. The molecule has 2 saturated heterocycles. The van der Waals surface area contributed by atoms with E-state index in [9.17, 15) is 14.7 Å². The Bertz CT molecular complexity index is 1170.